The largest absolute Gasteiger partial charge is 0.462 e. The summed E-state index contributed by atoms with van der Waals surface area (Å²) in [6.07, 6.45) is 2.96. The van der Waals surface area contributed by atoms with Crippen molar-refractivity contribution in [3.63, 3.8) is 0 Å². The lowest BCUT2D eigenvalue weighted by Crippen LogP contribution is -2.14. The maximum absolute atomic E-state index is 12.2. The quantitative estimate of drug-likeness (QED) is 0.482. The second kappa shape index (κ2) is 8.29. The van der Waals surface area contributed by atoms with Gasteiger partial charge in [0.05, 0.1) is 12.2 Å². The van der Waals surface area contributed by atoms with Gasteiger partial charge in [-0.2, -0.15) is 0 Å². The molecule has 6 nitrogen and oxygen atoms in total. The van der Waals surface area contributed by atoms with Gasteiger partial charge >= 0.3 is 5.97 Å². The van der Waals surface area contributed by atoms with Crippen LogP contribution in [0.4, 0.5) is 5.88 Å². The number of Topliss-reactive ketones (excluding diaryl/α,β-unsaturated/α-hetero) is 1. The lowest BCUT2D eigenvalue weighted by atomic mass is 10.1. The third-order valence-electron chi connectivity index (χ3n) is 3.66. The maximum atomic E-state index is 12.2. The molecule has 2 aromatic rings. The SMILES string of the molecule is CCOC(=O)c1c(NC(=O)/C=C/c2ccc(C)cc2)oc(C)c1C(C)=O. The number of carbonyl (C=O) groups excluding carboxylic acids is 3. The number of furan rings is 1. The number of amides is 1. The predicted octanol–water partition coefficient (Wildman–Crippen LogP) is 3.93. The van der Waals surface area contributed by atoms with Crippen molar-refractivity contribution in [2.24, 2.45) is 0 Å². The van der Waals surface area contributed by atoms with Crippen LogP contribution in [0.2, 0.25) is 0 Å². The highest BCUT2D eigenvalue weighted by atomic mass is 16.5. The van der Waals surface area contributed by atoms with E-state index in [-0.39, 0.29) is 35.2 Å². The summed E-state index contributed by atoms with van der Waals surface area (Å²) in [4.78, 5) is 36.2. The van der Waals surface area contributed by atoms with Gasteiger partial charge in [0.25, 0.3) is 5.91 Å². The molecule has 0 unspecified atom stereocenters. The summed E-state index contributed by atoms with van der Waals surface area (Å²) in [6, 6.07) is 7.64. The first-order chi connectivity index (χ1) is 12.3. The molecule has 2 rings (SSSR count). The average molecular weight is 355 g/mol. The summed E-state index contributed by atoms with van der Waals surface area (Å²) in [6.45, 7) is 6.64. The minimum absolute atomic E-state index is 0.0612. The average Bonchev–Trinajstić information content (AvgIpc) is 2.90. The second-order valence-corrected chi connectivity index (χ2v) is 5.75. The van der Waals surface area contributed by atoms with Crippen molar-refractivity contribution in [2.75, 3.05) is 11.9 Å². The van der Waals surface area contributed by atoms with Gasteiger partial charge in [0.15, 0.2) is 5.78 Å². The molecule has 1 heterocycles. The normalized spacial score (nSPS) is 10.8. The van der Waals surface area contributed by atoms with Crippen LogP contribution in [0.15, 0.2) is 34.8 Å². The standard InChI is InChI=1S/C20H21NO5/c1-5-25-20(24)18-17(13(3)22)14(4)26-19(18)21-16(23)11-10-15-8-6-12(2)7-9-15/h6-11H,5H2,1-4H3,(H,21,23)/b11-10+. The molecule has 1 aromatic heterocycles. The summed E-state index contributed by atoms with van der Waals surface area (Å²) in [5.74, 6) is -1.39. The van der Waals surface area contributed by atoms with E-state index in [0.717, 1.165) is 11.1 Å². The molecule has 0 aliphatic carbocycles. The molecule has 0 spiro atoms. The van der Waals surface area contributed by atoms with Crippen LogP contribution in [0.5, 0.6) is 0 Å². The van der Waals surface area contributed by atoms with Crippen LogP contribution in [-0.2, 0) is 9.53 Å². The van der Waals surface area contributed by atoms with E-state index in [4.69, 9.17) is 9.15 Å². The van der Waals surface area contributed by atoms with Crippen molar-refractivity contribution in [1.82, 2.24) is 0 Å². The molecule has 1 N–H and O–H groups in total. The van der Waals surface area contributed by atoms with Crippen LogP contribution in [0.25, 0.3) is 6.08 Å². The lowest BCUT2D eigenvalue weighted by molar-refractivity contribution is -0.111. The van der Waals surface area contributed by atoms with Gasteiger partial charge in [-0.15, -0.1) is 0 Å². The van der Waals surface area contributed by atoms with Crippen LogP contribution in [0, 0.1) is 13.8 Å². The van der Waals surface area contributed by atoms with Crippen LogP contribution >= 0.6 is 0 Å². The molecule has 0 aliphatic rings. The molecule has 0 saturated heterocycles. The fourth-order valence-corrected chi connectivity index (χ4v) is 2.46. The fourth-order valence-electron chi connectivity index (χ4n) is 2.46. The number of aryl methyl sites for hydroxylation is 2. The minimum atomic E-state index is -0.715. The van der Waals surface area contributed by atoms with Gasteiger partial charge < -0.3 is 9.15 Å². The van der Waals surface area contributed by atoms with E-state index < -0.39 is 11.9 Å². The molecule has 136 valence electrons. The van der Waals surface area contributed by atoms with Crippen molar-refractivity contribution >= 4 is 29.6 Å². The van der Waals surface area contributed by atoms with E-state index in [1.54, 1.807) is 19.9 Å². The molecular formula is C20H21NO5. The Morgan fingerprint density at radius 3 is 2.35 bits per heavy atom. The van der Waals surface area contributed by atoms with Crippen molar-refractivity contribution in [2.45, 2.75) is 27.7 Å². The number of carbonyl (C=O) groups is 3. The topological polar surface area (TPSA) is 85.6 Å². The summed E-state index contributed by atoms with van der Waals surface area (Å²) in [7, 11) is 0. The lowest BCUT2D eigenvalue weighted by Gasteiger charge is -2.04. The zero-order valence-corrected chi connectivity index (χ0v) is 15.2. The molecular weight excluding hydrogens is 334 g/mol. The number of benzene rings is 1. The molecule has 0 saturated carbocycles. The molecule has 26 heavy (non-hydrogen) atoms. The predicted molar refractivity (Wildman–Crippen MR) is 98.2 cm³/mol. The Hall–Kier alpha value is -3.15. The molecule has 0 aliphatic heterocycles. The Kier molecular flexibility index (Phi) is 6.11. The molecule has 0 fully saturated rings. The van der Waals surface area contributed by atoms with E-state index in [1.807, 2.05) is 31.2 Å². The molecule has 0 bridgehead atoms. The van der Waals surface area contributed by atoms with E-state index >= 15 is 0 Å². The number of hydrogen-bond donors (Lipinski definition) is 1. The number of rotatable bonds is 6. The highest BCUT2D eigenvalue weighted by Gasteiger charge is 2.28. The first-order valence-electron chi connectivity index (χ1n) is 8.20. The third kappa shape index (κ3) is 4.47. The maximum Gasteiger partial charge on any atom is 0.344 e. The first-order valence-corrected chi connectivity index (χ1v) is 8.20. The molecule has 0 radical (unpaired) electrons. The van der Waals surface area contributed by atoms with Crippen LogP contribution in [0.1, 0.15) is 51.5 Å². The molecule has 1 amide bonds. The number of esters is 1. The first kappa shape index (κ1) is 19.2. The van der Waals surface area contributed by atoms with E-state index in [0.29, 0.717) is 0 Å². The molecule has 6 heteroatoms. The molecule has 0 atom stereocenters. The van der Waals surface area contributed by atoms with Gasteiger partial charge in [-0.3, -0.25) is 14.9 Å². The van der Waals surface area contributed by atoms with Crippen molar-refractivity contribution in [3.8, 4) is 0 Å². The number of anilines is 1. The summed E-state index contributed by atoms with van der Waals surface area (Å²) in [5, 5.41) is 2.50. The van der Waals surface area contributed by atoms with E-state index in [9.17, 15) is 14.4 Å². The monoisotopic (exact) mass is 355 g/mol. The summed E-state index contributed by atoms with van der Waals surface area (Å²) < 4.78 is 10.4. The Labute approximate surface area is 151 Å². The van der Waals surface area contributed by atoms with Crippen LogP contribution in [-0.4, -0.2) is 24.3 Å². The summed E-state index contributed by atoms with van der Waals surface area (Å²) in [5.41, 5.74) is 2.03. The summed E-state index contributed by atoms with van der Waals surface area (Å²) >= 11 is 0. The van der Waals surface area contributed by atoms with Gasteiger partial charge in [0, 0.05) is 6.08 Å². The van der Waals surface area contributed by atoms with Crippen molar-refractivity contribution in [3.05, 3.63) is 58.4 Å². The van der Waals surface area contributed by atoms with Crippen LogP contribution in [0.3, 0.4) is 0 Å². The zero-order chi connectivity index (χ0) is 19.3. The van der Waals surface area contributed by atoms with Crippen molar-refractivity contribution < 1.29 is 23.5 Å². The van der Waals surface area contributed by atoms with E-state index in [2.05, 4.69) is 5.32 Å². The van der Waals surface area contributed by atoms with Gasteiger partial charge in [0.2, 0.25) is 5.88 Å². The van der Waals surface area contributed by atoms with Crippen LogP contribution < -0.4 is 5.32 Å². The fraction of sp³-hybridized carbons (Fsp3) is 0.250. The molecule has 1 aromatic carbocycles. The van der Waals surface area contributed by atoms with Gasteiger partial charge in [-0.1, -0.05) is 29.8 Å². The Balaban J connectivity index is 2.26. The smallest absolute Gasteiger partial charge is 0.344 e. The zero-order valence-electron chi connectivity index (χ0n) is 15.2. The number of hydrogen-bond acceptors (Lipinski definition) is 5. The Morgan fingerprint density at radius 2 is 1.77 bits per heavy atom. The van der Waals surface area contributed by atoms with Gasteiger partial charge in [-0.25, -0.2) is 4.79 Å². The number of ether oxygens (including phenoxy) is 1. The highest BCUT2D eigenvalue weighted by Crippen LogP contribution is 2.28. The van der Waals surface area contributed by atoms with Crippen molar-refractivity contribution in [1.29, 1.82) is 0 Å². The van der Waals surface area contributed by atoms with Gasteiger partial charge in [-0.05, 0) is 39.3 Å². The van der Waals surface area contributed by atoms with E-state index in [1.165, 1.54) is 13.0 Å². The highest BCUT2D eigenvalue weighted by molar-refractivity contribution is 6.12. The Bertz CT molecular complexity index is 859. The minimum Gasteiger partial charge on any atom is -0.462 e. The van der Waals surface area contributed by atoms with Gasteiger partial charge in [0.1, 0.15) is 11.3 Å². The second-order valence-electron chi connectivity index (χ2n) is 5.75. The number of ketones is 1. The number of nitrogens with one attached hydrogen (secondary N) is 1. The Morgan fingerprint density at radius 1 is 1.12 bits per heavy atom. The third-order valence-corrected chi connectivity index (χ3v) is 3.66.